The van der Waals surface area contributed by atoms with Crippen molar-refractivity contribution in [1.82, 2.24) is 0 Å². The largest absolute Gasteiger partial charge is 0.493 e. The summed E-state index contributed by atoms with van der Waals surface area (Å²) in [5.41, 5.74) is 1.31. The van der Waals surface area contributed by atoms with Gasteiger partial charge >= 0.3 is 0 Å². The quantitative estimate of drug-likeness (QED) is 0.719. The third-order valence-electron chi connectivity index (χ3n) is 2.73. The van der Waals surface area contributed by atoms with Gasteiger partial charge in [-0.15, -0.1) is 0 Å². The SMILES string of the molecule is COc1cc(C2CC2)cc2c1OCO2. The van der Waals surface area contributed by atoms with Crippen molar-refractivity contribution in [2.24, 2.45) is 0 Å². The van der Waals surface area contributed by atoms with Crippen LogP contribution in [0.5, 0.6) is 17.2 Å². The fraction of sp³-hybridized carbons (Fsp3) is 0.455. The van der Waals surface area contributed by atoms with E-state index in [0.717, 1.165) is 17.2 Å². The fourth-order valence-corrected chi connectivity index (χ4v) is 1.80. The van der Waals surface area contributed by atoms with Gasteiger partial charge in [0.2, 0.25) is 12.5 Å². The zero-order chi connectivity index (χ0) is 9.54. The molecular formula is C11H12O3. The molecule has 3 rings (SSSR count). The van der Waals surface area contributed by atoms with Gasteiger partial charge in [-0.1, -0.05) is 0 Å². The maximum absolute atomic E-state index is 5.36. The maximum atomic E-state index is 5.36. The van der Waals surface area contributed by atoms with Crippen LogP contribution in [0.1, 0.15) is 24.3 Å². The summed E-state index contributed by atoms with van der Waals surface area (Å²) in [6, 6.07) is 4.13. The Morgan fingerprint density at radius 3 is 2.86 bits per heavy atom. The highest BCUT2D eigenvalue weighted by molar-refractivity contribution is 5.56. The minimum Gasteiger partial charge on any atom is -0.493 e. The normalized spacial score (nSPS) is 18.4. The first kappa shape index (κ1) is 7.97. The fourth-order valence-electron chi connectivity index (χ4n) is 1.80. The van der Waals surface area contributed by atoms with Crippen LogP contribution in [0.15, 0.2) is 12.1 Å². The molecular weight excluding hydrogens is 180 g/mol. The zero-order valence-corrected chi connectivity index (χ0v) is 8.08. The third kappa shape index (κ3) is 1.12. The van der Waals surface area contributed by atoms with Crippen LogP contribution < -0.4 is 14.2 Å². The van der Waals surface area contributed by atoms with Gasteiger partial charge in [0, 0.05) is 0 Å². The molecule has 0 aromatic heterocycles. The monoisotopic (exact) mass is 192 g/mol. The van der Waals surface area contributed by atoms with Crippen LogP contribution in [-0.2, 0) is 0 Å². The number of fused-ring (bicyclic) bond motifs is 1. The molecule has 1 fully saturated rings. The van der Waals surface area contributed by atoms with E-state index >= 15 is 0 Å². The van der Waals surface area contributed by atoms with E-state index in [9.17, 15) is 0 Å². The lowest BCUT2D eigenvalue weighted by Crippen LogP contribution is -1.93. The predicted octanol–water partition coefficient (Wildman–Crippen LogP) is 2.30. The molecule has 0 amide bonds. The summed E-state index contributed by atoms with van der Waals surface area (Å²) in [6.45, 7) is 0.305. The Balaban J connectivity index is 2.08. The van der Waals surface area contributed by atoms with Gasteiger partial charge in [0.05, 0.1) is 7.11 Å². The van der Waals surface area contributed by atoms with Gasteiger partial charge in [0.25, 0.3) is 0 Å². The highest BCUT2D eigenvalue weighted by Gasteiger charge is 2.28. The Bertz CT molecular complexity index is 369. The molecule has 0 radical (unpaired) electrons. The van der Waals surface area contributed by atoms with Crippen molar-refractivity contribution in [2.45, 2.75) is 18.8 Å². The molecule has 2 aliphatic rings. The predicted molar refractivity (Wildman–Crippen MR) is 51.1 cm³/mol. The van der Waals surface area contributed by atoms with Crippen LogP contribution in [-0.4, -0.2) is 13.9 Å². The Morgan fingerprint density at radius 2 is 2.14 bits per heavy atom. The van der Waals surface area contributed by atoms with Gasteiger partial charge < -0.3 is 14.2 Å². The van der Waals surface area contributed by atoms with Crippen molar-refractivity contribution < 1.29 is 14.2 Å². The van der Waals surface area contributed by atoms with E-state index in [4.69, 9.17) is 14.2 Å². The number of ether oxygens (including phenoxy) is 3. The molecule has 74 valence electrons. The van der Waals surface area contributed by atoms with Crippen molar-refractivity contribution in [3.05, 3.63) is 17.7 Å². The van der Waals surface area contributed by atoms with E-state index in [1.165, 1.54) is 18.4 Å². The molecule has 0 unspecified atom stereocenters. The minimum atomic E-state index is 0.305. The summed E-state index contributed by atoms with van der Waals surface area (Å²) in [4.78, 5) is 0. The average molecular weight is 192 g/mol. The smallest absolute Gasteiger partial charge is 0.231 e. The lowest BCUT2D eigenvalue weighted by molar-refractivity contribution is 0.171. The highest BCUT2D eigenvalue weighted by Crippen LogP contribution is 2.48. The van der Waals surface area contributed by atoms with Crippen LogP contribution >= 0.6 is 0 Å². The molecule has 0 N–H and O–H groups in total. The van der Waals surface area contributed by atoms with E-state index < -0.39 is 0 Å². The second-order valence-electron chi connectivity index (χ2n) is 3.73. The number of hydrogen-bond donors (Lipinski definition) is 0. The standard InChI is InChI=1S/C11H12O3/c1-12-9-4-8(7-2-3-7)5-10-11(9)14-6-13-10/h4-5,7H,2-3,6H2,1H3. The van der Waals surface area contributed by atoms with E-state index in [0.29, 0.717) is 12.7 Å². The molecule has 0 atom stereocenters. The highest BCUT2D eigenvalue weighted by atomic mass is 16.7. The number of hydrogen-bond acceptors (Lipinski definition) is 3. The topological polar surface area (TPSA) is 27.7 Å². The zero-order valence-electron chi connectivity index (χ0n) is 8.08. The van der Waals surface area contributed by atoms with E-state index in [2.05, 4.69) is 12.1 Å². The molecule has 0 spiro atoms. The van der Waals surface area contributed by atoms with Gasteiger partial charge in [-0.3, -0.25) is 0 Å². The molecule has 0 saturated heterocycles. The summed E-state index contributed by atoms with van der Waals surface area (Å²) in [5, 5.41) is 0. The van der Waals surface area contributed by atoms with Gasteiger partial charge in [-0.2, -0.15) is 0 Å². The van der Waals surface area contributed by atoms with E-state index in [-0.39, 0.29) is 0 Å². The molecule has 1 aliphatic carbocycles. The van der Waals surface area contributed by atoms with Crippen LogP contribution in [0.3, 0.4) is 0 Å². The average Bonchev–Trinajstić information content (AvgIpc) is 2.95. The number of benzene rings is 1. The number of methoxy groups -OCH3 is 1. The Kier molecular flexibility index (Phi) is 1.60. The molecule has 1 aliphatic heterocycles. The summed E-state index contributed by atoms with van der Waals surface area (Å²) >= 11 is 0. The van der Waals surface area contributed by atoms with Crippen LogP contribution in [0, 0.1) is 0 Å². The van der Waals surface area contributed by atoms with Crippen molar-refractivity contribution in [2.75, 3.05) is 13.9 Å². The maximum Gasteiger partial charge on any atom is 0.231 e. The molecule has 0 bridgehead atoms. The third-order valence-corrected chi connectivity index (χ3v) is 2.73. The second-order valence-corrected chi connectivity index (χ2v) is 3.73. The molecule has 1 saturated carbocycles. The van der Waals surface area contributed by atoms with Crippen molar-refractivity contribution >= 4 is 0 Å². The first-order chi connectivity index (χ1) is 6.88. The van der Waals surface area contributed by atoms with Crippen molar-refractivity contribution in [1.29, 1.82) is 0 Å². The van der Waals surface area contributed by atoms with Gasteiger partial charge in [-0.05, 0) is 36.5 Å². The van der Waals surface area contributed by atoms with E-state index in [1.54, 1.807) is 7.11 Å². The molecule has 3 heteroatoms. The van der Waals surface area contributed by atoms with Crippen LogP contribution in [0.2, 0.25) is 0 Å². The molecule has 14 heavy (non-hydrogen) atoms. The Labute approximate surface area is 82.6 Å². The van der Waals surface area contributed by atoms with Crippen molar-refractivity contribution in [3.63, 3.8) is 0 Å². The van der Waals surface area contributed by atoms with Crippen LogP contribution in [0.4, 0.5) is 0 Å². The summed E-state index contributed by atoms with van der Waals surface area (Å²) < 4.78 is 16.0. The molecule has 1 aromatic rings. The molecule has 1 aromatic carbocycles. The minimum absolute atomic E-state index is 0.305. The second kappa shape index (κ2) is 2.80. The van der Waals surface area contributed by atoms with Gasteiger partial charge in [0.15, 0.2) is 11.5 Å². The van der Waals surface area contributed by atoms with E-state index in [1.807, 2.05) is 0 Å². The number of rotatable bonds is 2. The van der Waals surface area contributed by atoms with Gasteiger partial charge in [0.1, 0.15) is 0 Å². The summed E-state index contributed by atoms with van der Waals surface area (Å²) in [5.74, 6) is 3.07. The molecule has 1 heterocycles. The lowest BCUT2D eigenvalue weighted by Gasteiger charge is -2.06. The summed E-state index contributed by atoms with van der Waals surface area (Å²) in [6.07, 6.45) is 2.56. The van der Waals surface area contributed by atoms with Gasteiger partial charge in [-0.25, -0.2) is 0 Å². The first-order valence-corrected chi connectivity index (χ1v) is 4.86. The van der Waals surface area contributed by atoms with Crippen molar-refractivity contribution in [3.8, 4) is 17.2 Å². The Morgan fingerprint density at radius 1 is 1.29 bits per heavy atom. The summed E-state index contributed by atoms with van der Waals surface area (Å²) in [7, 11) is 1.66. The Hall–Kier alpha value is -1.38. The first-order valence-electron chi connectivity index (χ1n) is 4.86. The lowest BCUT2D eigenvalue weighted by atomic mass is 10.1. The molecule has 3 nitrogen and oxygen atoms in total. The van der Waals surface area contributed by atoms with Crippen LogP contribution in [0.25, 0.3) is 0 Å².